The predicted octanol–water partition coefficient (Wildman–Crippen LogP) is 1.82. The number of aromatic nitrogens is 1. The largest absolute Gasteiger partial charge is 0.415 e. The smallest absolute Gasteiger partial charge is 0.408 e. The molecule has 1 aromatic heterocycles. The van der Waals surface area contributed by atoms with Crippen molar-refractivity contribution in [2.75, 3.05) is 40.4 Å². The molecular weight excluding hydrogens is 317 g/mol. The molecule has 21 heavy (non-hydrogen) atoms. The maximum absolute atomic E-state index is 12.0. The fourth-order valence-corrected chi connectivity index (χ4v) is 1.84. The van der Waals surface area contributed by atoms with Crippen LogP contribution in [0.25, 0.3) is 0 Å². The maximum atomic E-state index is 12.0. The number of ether oxygens (including phenoxy) is 2. The maximum Gasteiger partial charge on any atom is 0.415 e. The van der Waals surface area contributed by atoms with Gasteiger partial charge in [0.15, 0.2) is 5.75 Å². The third kappa shape index (κ3) is 6.05. The van der Waals surface area contributed by atoms with Crippen LogP contribution in [0.1, 0.15) is 5.69 Å². The second-order valence-corrected chi connectivity index (χ2v) is 4.65. The van der Waals surface area contributed by atoms with Gasteiger partial charge in [-0.2, -0.15) is 0 Å². The van der Waals surface area contributed by atoms with Crippen molar-refractivity contribution in [3.63, 3.8) is 0 Å². The number of carbonyl (C=O) groups excluding carboxylic acids is 1. The van der Waals surface area contributed by atoms with Crippen LogP contribution in [0.3, 0.4) is 0 Å². The van der Waals surface area contributed by atoms with Crippen molar-refractivity contribution in [2.45, 2.75) is 6.54 Å². The summed E-state index contributed by atoms with van der Waals surface area (Å²) in [6.45, 7) is 2.90. The summed E-state index contributed by atoms with van der Waals surface area (Å²) in [6, 6.07) is 3.53. The molecule has 1 fully saturated rings. The SMILES string of the molecule is CN(C)Cc1ncccc1OC(=O)N1CCOCC1.Cl.Cl. The molecule has 0 saturated carbocycles. The van der Waals surface area contributed by atoms with Gasteiger partial charge in [0.25, 0.3) is 0 Å². The van der Waals surface area contributed by atoms with Crippen LogP contribution < -0.4 is 4.74 Å². The van der Waals surface area contributed by atoms with Crippen LogP contribution in [0.5, 0.6) is 5.75 Å². The zero-order chi connectivity index (χ0) is 13.7. The van der Waals surface area contributed by atoms with Gasteiger partial charge in [-0.3, -0.25) is 4.98 Å². The summed E-state index contributed by atoms with van der Waals surface area (Å²) in [5.74, 6) is 0.521. The van der Waals surface area contributed by atoms with Gasteiger partial charge in [-0.15, -0.1) is 24.8 Å². The van der Waals surface area contributed by atoms with E-state index in [9.17, 15) is 4.79 Å². The van der Waals surface area contributed by atoms with Gasteiger partial charge < -0.3 is 19.3 Å². The molecule has 0 spiro atoms. The first-order valence-corrected chi connectivity index (χ1v) is 6.30. The number of rotatable bonds is 3. The van der Waals surface area contributed by atoms with Crippen molar-refractivity contribution in [1.82, 2.24) is 14.8 Å². The first-order valence-electron chi connectivity index (χ1n) is 6.30. The monoisotopic (exact) mass is 337 g/mol. The van der Waals surface area contributed by atoms with Crippen molar-refractivity contribution >= 4 is 30.9 Å². The molecule has 1 saturated heterocycles. The van der Waals surface area contributed by atoms with Crippen LogP contribution in [0.15, 0.2) is 18.3 Å². The van der Waals surface area contributed by atoms with Crippen molar-refractivity contribution in [2.24, 2.45) is 0 Å². The lowest BCUT2D eigenvalue weighted by atomic mass is 10.3. The average Bonchev–Trinajstić information content (AvgIpc) is 2.41. The van der Waals surface area contributed by atoms with E-state index >= 15 is 0 Å². The molecule has 0 aliphatic carbocycles. The Morgan fingerprint density at radius 3 is 2.67 bits per heavy atom. The molecule has 2 rings (SSSR count). The molecule has 0 N–H and O–H groups in total. The zero-order valence-electron chi connectivity index (χ0n) is 12.2. The minimum Gasteiger partial charge on any atom is -0.408 e. The highest BCUT2D eigenvalue weighted by atomic mass is 35.5. The molecular formula is C13H21Cl2N3O3. The van der Waals surface area contributed by atoms with E-state index in [0.717, 1.165) is 5.69 Å². The van der Waals surface area contributed by atoms with Gasteiger partial charge in [0.1, 0.15) is 0 Å². The number of halogens is 2. The van der Waals surface area contributed by atoms with Crippen LogP contribution in [0.4, 0.5) is 4.79 Å². The standard InChI is InChI=1S/C13H19N3O3.2ClH/c1-15(2)10-11-12(4-3-5-14-11)19-13(17)16-6-8-18-9-7-16;;/h3-5H,6-10H2,1-2H3;2*1H. The van der Waals surface area contributed by atoms with Crippen molar-refractivity contribution in [3.8, 4) is 5.75 Å². The van der Waals surface area contributed by atoms with E-state index in [1.54, 1.807) is 23.2 Å². The van der Waals surface area contributed by atoms with Crippen LogP contribution in [-0.2, 0) is 11.3 Å². The lowest BCUT2D eigenvalue weighted by molar-refractivity contribution is 0.0414. The molecule has 0 atom stereocenters. The Morgan fingerprint density at radius 1 is 1.38 bits per heavy atom. The number of amides is 1. The second kappa shape index (κ2) is 9.78. The first kappa shape index (κ1) is 19.9. The first-order chi connectivity index (χ1) is 9.16. The molecule has 8 heteroatoms. The van der Waals surface area contributed by atoms with Gasteiger partial charge >= 0.3 is 6.09 Å². The number of nitrogens with zero attached hydrogens (tertiary/aromatic N) is 3. The molecule has 2 heterocycles. The fourth-order valence-electron chi connectivity index (χ4n) is 1.84. The summed E-state index contributed by atoms with van der Waals surface area (Å²) < 4.78 is 10.6. The van der Waals surface area contributed by atoms with E-state index in [-0.39, 0.29) is 30.9 Å². The molecule has 120 valence electrons. The lowest BCUT2D eigenvalue weighted by Crippen LogP contribution is -2.42. The summed E-state index contributed by atoms with van der Waals surface area (Å²) in [7, 11) is 3.89. The van der Waals surface area contributed by atoms with E-state index in [4.69, 9.17) is 9.47 Å². The summed E-state index contributed by atoms with van der Waals surface area (Å²) in [4.78, 5) is 19.9. The highest BCUT2D eigenvalue weighted by molar-refractivity contribution is 5.85. The predicted molar refractivity (Wildman–Crippen MR) is 84.5 cm³/mol. The topological polar surface area (TPSA) is 54.9 Å². The molecule has 0 aromatic carbocycles. The van der Waals surface area contributed by atoms with E-state index in [0.29, 0.717) is 38.6 Å². The summed E-state index contributed by atoms with van der Waals surface area (Å²) >= 11 is 0. The van der Waals surface area contributed by atoms with Crippen molar-refractivity contribution < 1.29 is 14.3 Å². The second-order valence-electron chi connectivity index (χ2n) is 4.65. The third-order valence-corrected chi connectivity index (χ3v) is 2.78. The van der Waals surface area contributed by atoms with Crippen LogP contribution in [0.2, 0.25) is 0 Å². The van der Waals surface area contributed by atoms with Gasteiger partial charge in [-0.1, -0.05) is 0 Å². The average molecular weight is 338 g/mol. The Morgan fingerprint density at radius 2 is 2.05 bits per heavy atom. The third-order valence-electron chi connectivity index (χ3n) is 2.78. The van der Waals surface area contributed by atoms with Gasteiger partial charge in [0.2, 0.25) is 0 Å². The highest BCUT2D eigenvalue weighted by Gasteiger charge is 2.20. The zero-order valence-corrected chi connectivity index (χ0v) is 13.8. The van der Waals surface area contributed by atoms with Gasteiger partial charge in [0.05, 0.1) is 18.9 Å². The molecule has 1 aliphatic rings. The number of pyridine rings is 1. The molecule has 1 aromatic rings. The summed E-state index contributed by atoms with van der Waals surface area (Å²) in [6.07, 6.45) is 1.36. The van der Waals surface area contributed by atoms with E-state index in [1.165, 1.54) is 0 Å². The molecule has 1 amide bonds. The van der Waals surface area contributed by atoms with Crippen LogP contribution >= 0.6 is 24.8 Å². The van der Waals surface area contributed by atoms with E-state index in [2.05, 4.69) is 4.98 Å². The number of hydrogen-bond acceptors (Lipinski definition) is 5. The van der Waals surface area contributed by atoms with Crippen molar-refractivity contribution in [1.29, 1.82) is 0 Å². The minimum absolute atomic E-state index is 0. The Hall–Kier alpha value is -1.08. The Labute approximate surface area is 137 Å². The molecule has 0 radical (unpaired) electrons. The Kier molecular flexibility index (Phi) is 9.28. The van der Waals surface area contributed by atoms with Crippen LogP contribution in [-0.4, -0.2) is 61.3 Å². The summed E-state index contributed by atoms with van der Waals surface area (Å²) in [5.41, 5.74) is 0.758. The molecule has 1 aliphatic heterocycles. The lowest BCUT2D eigenvalue weighted by Gasteiger charge is -2.26. The Bertz CT molecular complexity index is 440. The van der Waals surface area contributed by atoms with Gasteiger partial charge in [0, 0.05) is 25.8 Å². The minimum atomic E-state index is -0.337. The fraction of sp³-hybridized carbons (Fsp3) is 0.538. The summed E-state index contributed by atoms with van der Waals surface area (Å²) in [5, 5.41) is 0. The Balaban J connectivity index is 0.00000200. The molecule has 0 bridgehead atoms. The van der Waals surface area contributed by atoms with Crippen LogP contribution in [0, 0.1) is 0 Å². The van der Waals surface area contributed by atoms with Gasteiger partial charge in [-0.05, 0) is 26.2 Å². The number of morpholine rings is 1. The van der Waals surface area contributed by atoms with Gasteiger partial charge in [-0.25, -0.2) is 4.79 Å². The normalized spacial score (nSPS) is 14.1. The number of carbonyl (C=O) groups is 1. The molecule has 6 nitrogen and oxygen atoms in total. The van der Waals surface area contributed by atoms with E-state index in [1.807, 2.05) is 19.0 Å². The highest BCUT2D eigenvalue weighted by Crippen LogP contribution is 2.17. The molecule has 0 unspecified atom stereocenters. The quantitative estimate of drug-likeness (QED) is 0.842. The van der Waals surface area contributed by atoms with Crippen molar-refractivity contribution in [3.05, 3.63) is 24.0 Å². The van der Waals surface area contributed by atoms with E-state index < -0.39 is 0 Å². The number of hydrogen-bond donors (Lipinski definition) is 0.